The van der Waals surface area contributed by atoms with Gasteiger partial charge < -0.3 is 4.74 Å². The zero-order valence-corrected chi connectivity index (χ0v) is 18.4. The van der Waals surface area contributed by atoms with E-state index in [-0.39, 0.29) is 10.8 Å². The molecule has 0 amide bonds. The van der Waals surface area contributed by atoms with Gasteiger partial charge in [-0.05, 0) is 42.7 Å². The maximum atomic E-state index is 13.2. The molecular weight excluding hydrogens is 416 g/mol. The average molecular weight is 437 g/mol. The minimum absolute atomic E-state index is 0.0391. The molecule has 28 heavy (non-hydrogen) atoms. The Labute approximate surface area is 174 Å². The Hall–Kier alpha value is -2.09. The van der Waals surface area contributed by atoms with E-state index >= 15 is 0 Å². The van der Waals surface area contributed by atoms with Crippen LogP contribution in [0.4, 0.5) is 5.69 Å². The van der Waals surface area contributed by atoms with E-state index in [2.05, 4.69) is 9.71 Å². The molecule has 3 rings (SSSR count). The number of halogens is 1. The smallest absolute Gasteiger partial charge is 0.262 e. The Bertz CT molecular complexity index is 1110. The van der Waals surface area contributed by atoms with Gasteiger partial charge in [-0.1, -0.05) is 37.6 Å². The molecule has 1 heterocycles. The molecule has 0 saturated carbocycles. The highest BCUT2D eigenvalue weighted by molar-refractivity contribution is 7.92. The minimum Gasteiger partial charge on any atom is -0.495 e. The van der Waals surface area contributed by atoms with Crippen LogP contribution < -0.4 is 9.46 Å². The minimum atomic E-state index is -3.82. The Morgan fingerprint density at radius 1 is 1.18 bits per heavy atom. The van der Waals surface area contributed by atoms with Gasteiger partial charge in [0.25, 0.3) is 10.0 Å². The molecule has 2 aromatic carbocycles. The first kappa shape index (κ1) is 20.6. The fourth-order valence-corrected chi connectivity index (χ4v) is 5.16. The third-order valence-corrected chi connectivity index (χ3v) is 6.75. The van der Waals surface area contributed by atoms with Crippen molar-refractivity contribution in [1.29, 1.82) is 0 Å². The van der Waals surface area contributed by atoms with Crippen LogP contribution >= 0.6 is 22.9 Å². The van der Waals surface area contributed by atoms with Crippen LogP contribution in [-0.2, 0) is 10.0 Å². The lowest BCUT2D eigenvalue weighted by Gasteiger charge is -2.16. The number of thiazole rings is 1. The molecule has 0 aliphatic rings. The molecule has 1 N–H and O–H groups in total. The molecule has 0 unspecified atom stereocenters. The fourth-order valence-electron chi connectivity index (χ4n) is 2.84. The largest absolute Gasteiger partial charge is 0.495 e. The normalized spacial score (nSPS) is 11.6. The quantitative estimate of drug-likeness (QED) is 0.537. The maximum absolute atomic E-state index is 13.2. The summed E-state index contributed by atoms with van der Waals surface area (Å²) in [6, 6.07) is 10.2. The molecule has 0 bridgehead atoms. The molecule has 5 nitrogen and oxygen atoms in total. The van der Waals surface area contributed by atoms with Gasteiger partial charge in [0, 0.05) is 10.9 Å². The van der Waals surface area contributed by atoms with E-state index in [0.29, 0.717) is 16.5 Å². The third kappa shape index (κ3) is 4.32. The van der Waals surface area contributed by atoms with Crippen LogP contribution in [0.25, 0.3) is 11.3 Å². The Balaban J connectivity index is 2.05. The van der Waals surface area contributed by atoms with Gasteiger partial charge >= 0.3 is 0 Å². The second-order valence-electron chi connectivity index (χ2n) is 6.61. The number of anilines is 1. The van der Waals surface area contributed by atoms with Crippen molar-refractivity contribution in [3.8, 4) is 17.0 Å². The molecule has 0 aliphatic carbocycles. The standard InChI is InChI=1S/C20H21ClN2O3S2/c1-12(2)16-7-5-14(18-11-27-13(3)22-18)9-20(16)28(24,25)23-15-6-8-19(26-4)17(21)10-15/h5-12,23H,1-4H3. The number of ether oxygens (including phenoxy) is 1. The lowest BCUT2D eigenvalue weighted by molar-refractivity contribution is 0.415. The van der Waals surface area contributed by atoms with Gasteiger partial charge in [0.15, 0.2) is 0 Å². The lowest BCUT2D eigenvalue weighted by atomic mass is 10.0. The number of sulfonamides is 1. The van der Waals surface area contributed by atoms with E-state index in [4.69, 9.17) is 16.3 Å². The maximum Gasteiger partial charge on any atom is 0.262 e. The van der Waals surface area contributed by atoms with Gasteiger partial charge in [-0.25, -0.2) is 13.4 Å². The number of rotatable bonds is 6. The van der Waals surface area contributed by atoms with Gasteiger partial charge in [0.05, 0.1) is 33.4 Å². The van der Waals surface area contributed by atoms with E-state index in [0.717, 1.165) is 21.8 Å². The molecule has 0 radical (unpaired) electrons. The molecule has 0 spiro atoms. The van der Waals surface area contributed by atoms with Gasteiger partial charge in [0.2, 0.25) is 0 Å². The predicted octanol–water partition coefficient (Wildman–Crippen LogP) is 5.70. The summed E-state index contributed by atoms with van der Waals surface area (Å²) in [7, 11) is -2.32. The molecule has 1 aromatic heterocycles. The van der Waals surface area contributed by atoms with Crippen molar-refractivity contribution in [2.45, 2.75) is 31.6 Å². The second kappa shape index (κ2) is 8.11. The molecule has 8 heteroatoms. The highest BCUT2D eigenvalue weighted by Crippen LogP contribution is 2.33. The van der Waals surface area contributed by atoms with E-state index in [1.807, 2.05) is 38.3 Å². The van der Waals surface area contributed by atoms with Crippen LogP contribution in [0.15, 0.2) is 46.7 Å². The van der Waals surface area contributed by atoms with Crippen molar-refractivity contribution in [3.63, 3.8) is 0 Å². The Morgan fingerprint density at radius 2 is 1.93 bits per heavy atom. The summed E-state index contributed by atoms with van der Waals surface area (Å²) in [5.41, 5.74) is 2.64. The summed E-state index contributed by atoms with van der Waals surface area (Å²) in [5.74, 6) is 0.519. The summed E-state index contributed by atoms with van der Waals surface area (Å²) in [6.45, 7) is 5.85. The number of benzene rings is 2. The van der Waals surface area contributed by atoms with Crippen molar-refractivity contribution < 1.29 is 13.2 Å². The molecule has 0 fully saturated rings. The van der Waals surface area contributed by atoms with E-state index in [9.17, 15) is 8.42 Å². The number of hydrogen-bond acceptors (Lipinski definition) is 5. The van der Waals surface area contributed by atoms with Crippen molar-refractivity contribution in [2.24, 2.45) is 0 Å². The first-order valence-electron chi connectivity index (χ1n) is 8.64. The number of nitrogens with zero attached hydrogens (tertiary/aromatic N) is 1. The van der Waals surface area contributed by atoms with Crippen molar-refractivity contribution in [2.75, 3.05) is 11.8 Å². The number of hydrogen-bond donors (Lipinski definition) is 1. The van der Waals surface area contributed by atoms with Gasteiger partial charge in [-0.3, -0.25) is 4.72 Å². The van der Waals surface area contributed by atoms with Crippen molar-refractivity contribution in [3.05, 3.63) is 57.4 Å². The van der Waals surface area contributed by atoms with Gasteiger partial charge in [-0.2, -0.15) is 0 Å². The number of methoxy groups -OCH3 is 1. The van der Waals surface area contributed by atoms with Crippen LogP contribution in [0, 0.1) is 6.92 Å². The topological polar surface area (TPSA) is 68.3 Å². The molecular formula is C20H21ClN2O3S2. The van der Waals surface area contributed by atoms with Crippen molar-refractivity contribution in [1.82, 2.24) is 4.98 Å². The molecule has 148 valence electrons. The first-order chi connectivity index (χ1) is 13.2. The summed E-state index contributed by atoms with van der Waals surface area (Å²) in [4.78, 5) is 4.70. The van der Waals surface area contributed by atoms with Crippen LogP contribution in [0.1, 0.15) is 30.3 Å². The fraction of sp³-hybridized carbons (Fsp3) is 0.250. The SMILES string of the molecule is COc1ccc(NS(=O)(=O)c2cc(-c3csc(C)n3)ccc2C(C)C)cc1Cl. The Kier molecular flexibility index (Phi) is 5.98. The first-order valence-corrected chi connectivity index (χ1v) is 11.4. The average Bonchev–Trinajstić information content (AvgIpc) is 3.07. The summed E-state index contributed by atoms with van der Waals surface area (Å²) >= 11 is 7.65. The highest BCUT2D eigenvalue weighted by Gasteiger charge is 2.22. The summed E-state index contributed by atoms with van der Waals surface area (Å²) < 4.78 is 34.1. The zero-order valence-electron chi connectivity index (χ0n) is 16.0. The number of aromatic nitrogens is 1. The molecule has 0 saturated heterocycles. The lowest BCUT2D eigenvalue weighted by Crippen LogP contribution is -2.16. The molecule has 0 atom stereocenters. The van der Waals surface area contributed by atoms with Crippen LogP contribution in [0.5, 0.6) is 5.75 Å². The summed E-state index contributed by atoms with van der Waals surface area (Å²) in [5, 5.41) is 3.18. The van der Waals surface area contributed by atoms with Crippen LogP contribution in [0.3, 0.4) is 0 Å². The van der Waals surface area contributed by atoms with E-state index in [1.54, 1.807) is 18.2 Å². The Morgan fingerprint density at radius 3 is 2.50 bits per heavy atom. The monoisotopic (exact) mass is 436 g/mol. The second-order valence-corrected chi connectivity index (χ2v) is 9.73. The zero-order chi connectivity index (χ0) is 20.5. The van der Waals surface area contributed by atoms with Gasteiger partial charge in [0.1, 0.15) is 5.75 Å². The van der Waals surface area contributed by atoms with Crippen LogP contribution in [-0.4, -0.2) is 20.5 Å². The molecule has 3 aromatic rings. The molecule has 0 aliphatic heterocycles. The third-order valence-electron chi connectivity index (χ3n) is 4.24. The number of nitrogens with one attached hydrogen (secondary N) is 1. The number of aryl methyl sites for hydroxylation is 1. The predicted molar refractivity (Wildman–Crippen MR) is 115 cm³/mol. The van der Waals surface area contributed by atoms with E-state index in [1.165, 1.54) is 24.5 Å². The van der Waals surface area contributed by atoms with Crippen LogP contribution in [0.2, 0.25) is 5.02 Å². The van der Waals surface area contributed by atoms with Crippen molar-refractivity contribution >= 4 is 38.6 Å². The summed E-state index contributed by atoms with van der Waals surface area (Å²) in [6.07, 6.45) is 0. The highest BCUT2D eigenvalue weighted by atomic mass is 35.5. The van der Waals surface area contributed by atoms with Gasteiger partial charge in [-0.15, -0.1) is 11.3 Å². The van der Waals surface area contributed by atoms with E-state index < -0.39 is 10.0 Å².